The second kappa shape index (κ2) is 6.05. The molecule has 1 aromatic heterocycles. The van der Waals surface area contributed by atoms with Gasteiger partial charge in [0.2, 0.25) is 0 Å². The van der Waals surface area contributed by atoms with Crippen molar-refractivity contribution in [3.63, 3.8) is 0 Å². The van der Waals surface area contributed by atoms with E-state index in [-0.39, 0.29) is 0 Å². The number of carbonyl (C=O) groups is 2. The molecule has 1 heterocycles. The van der Waals surface area contributed by atoms with E-state index in [1.54, 1.807) is 26.0 Å². The van der Waals surface area contributed by atoms with Crippen LogP contribution in [0.5, 0.6) is 0 Å². The van der Waals surface area contributed by atoms with Crippen molar-refractivity contribution in [2.24, 2.45) is 0 Å². The lowest BCUT2D eigenvalue weighted by Crippen LogP contribution is -2.40. The molecule has 1 aromatic rings. The summed E-state index contributed by atoms with van der Waals surface area (Å²) in [6, 6.07) is 0.682. The van der Waals surface area contributed by atoms with E-state index in [0.717, 1.165) is 0 Å². The molecular weight excluding hydrogens is 234 g/mol. The third-order valence-electron chi connectivity index (χ3n) is 2.55. The van der Waals surface area contributed by atoms with Crippen LogP contribution in [0.15, 0.2) is 23.1 Å². The molecule has 98 valence electrons. The van der Waals surface area contributed by atoms with Gasteiger partial charge < -0.3 is 14.8 Å². The van der Waals surface area contributed by atoms with E-state index in [9.17, 15) is 9.59 Å². The number of aryl methyl sites for hydroxylation is 2. The minimum atomic E-state index is -1.05. The Hall–Kier alpha value is -2.04. The minimum absolute atomic E-state index is 0.320. The van der Waals surface area contributed by atoms with Crippen molar-refractivity contribution in [1.29, 1.82) is 0 Å². The standard InChI is InChI=1S/C13H17NO4/c1-4-5-6-11(13(16)17)14-12(15)10-7-8(2)18-9(10)3/h4,7,11H,1,5-6H2,2-3H3,(H,14,15)(H,16,17). The first kappa shape index (κ1) is 14.0. The van der Waals surface area contributed by atoms with Crippen molar-refractivity contribution < 1.29 is 19.1 Å². The highest BCUT2D eigenvalue weighted by molar-refractivity contribution is 5.97. The van der Waals surface area contributed by atoms with Crippen molar-refractivity contribution in [3.8, 4) is 0 Å². The van der Waals surface area contributed by atoms with Gasteiger partial charge in [0, 0.05) is 0 Å². The van der Waals surface area contributed by atoms with Crippen LogP contribution >= 0.6 is 0 Å². The Morgan fingerprint density at radius 2 is 2.22 bits per heavy atom. The molecule has 5 heteroatoms. The maximum atomic E-state index is 11.9. The molecule has 0 saturated heterocycles. The fourth-order valence-corrected chi connectivity index (χ4v) is 1.63. The highest BCUT2D eigenvalue weighted by Crippen LogP contribution is 2.14. The van der Waals surface area contributed by atoms with Crippen LogP contribution in [0.25, 0.3) is 0 Å². The zero-order chi connectivity index (χ0) is 13.7. The summed E-state index contributed by atoms with van der Waals surface area (Å²) in [4.78, 5) is 22.9. The third-order valence-corrected chi connectivity index (χ3v) is 2.55. The van der Waals surface area contributed by atoms with Gasteiger partial charge in [-0.25, -0.2) is 4.79 Å². The van der Waals surface area contributed by atoms with Crippen LogP contribution in [-0.2, 0) is 4.79 Å². The summed E-state index contributed by atoms with van der Waals surface area (Å²) < 4.78 is 5.23. The molecule has 2 N–H and O–H groups in total. The number of rotatable bonds is 6. The van der Waals surface area contributed by atoms with E-state index in [1.165, 1.54) is 0 Å². The van der Waals surface area contributed by atoms with Crippen molar-refractivity contribution in [2.75, 3.05) is 0 Å². The Morgan fingerprint density at radius 1 is 1.56 bits per heavy atom. The molecule has 0 aliphatic rings. The molecule has 18 heavy (non-hydrogen) atoms. The first-order valence-electron chi connectivity index (χ1n) is 5.67. The van der Waals surface area contributed by atoms with E-state index >= 15 is 0 Å². The van der Waals surface area contributed by atoms with Crippen LogP contribution in [0.2, 0.25) is 0 Å². The molecule has 1 amide bonds. The maximum Gasteiger partial charge on any atom is 0.326 e. The molecule has 0 spiro atoms. The lowest BCUT2D eigenvalue weighted by Gasteiger charge is -2.13. The van der Waals surface area contributed by atoms with Gasteiger partial charge in [-0.1, -0.05) is 6.08 Å². The fourth-order valence-electron chi connectivity index (χ4n) is 1.63. The molecule has 1 rings (SSSR count). The summed E-state index contributed by atoms with van der Waals surface area (Å²) in [6.45, 7) is 6.93. The number of carboxylic acids is 1. The molecule has 5 nitrogen and oxygen atoms in total. The van der Waals surface area contributed by atoms with Gasteiger partial charge in [-0.15, -0.1) is 6.58 Å². The van der Waals surface area contributed by atoms with Crippen molar-refractivity contribution in [1.82, 2.24) is 5.32 Å². The second-order valence-electron chi connectivity index (χ2n) is 4.06. The highest BCUT2D eigenvalue weighted by Gasteiger charge is 2.22. The Kier molecular flexibility index (Phi) is 4.71. The highest BCUT2D eigenvalue weighted by atomic mass is 16.4. The van der Waals surface area contributed by atoms with Gasteiger partial charge in [0.1, 0.15) is 17.6 Å². The Morgan fingerprint density at radius 3 is 2.67 bits per heavy atom. The number of hydrogen-bond acceptors (Lipinski definition) is 3. The summed E-state index contributed by atoms with van der Waals surface area (Å²) in [6.07, 6.45) is 2.47. The van der Waals surface area contributed by atoms with Crippen molar-refractivity contribution >= 4 is 11.9 Å². The van der Waals surface area contributed by atoms with E-state index < -0.39 is 17.9 Å². The number of nitrogens with one attached hydrogen (secondary N) is 1. The van der Waals surface area contributed by atoms with Crippen LogP contribution in [-0.4, -0.2) is 23.0 Å². The Bertz CT molecular complexity index is 462. The fraction of sp³-hybridized carbons (Fsp3) is 0.385. The van der Waals surface area contributed by atoms with Crippen molar-refractivity contribution in [3.05, 3.63) is 35.8 Å². The lowest BCUT2D eigenvalue weighted by atomic mass is 10.1. The molecular formula is C13H17NO4. The van der Waals surface area contributed by atoms with Crippen molar-refractivity contribution in [2.45, 2.75) is 32.7 Å². The zero-order valence-corrected chi connectivity index (χ0v) is 10.5. The van der Waals surface area contributed by atoms with E-state index in [4.69, 9.17) is 9.52 Å². The van der Waals surface area contributed by atoms with Gasteiger partial charge >= 0.3 is 5.97 Å². The maximum absolute atomic E-state index is 11.9. The molecule has 0 radical (unpaired) electrons. The molecule has 1 atom stereocenters. The largest absolute Gasteiger partial charge is 0.480 e. The van der Waals surface area contributed by atoms with E-state index in [2.05, 4.69) is 11.9 Å². The van der Waals surface area contributed by atoms with Crippen LogP contribution in [0.4, 0.5) is 0 Å². The summed E-state index contributed by atoms with van der Waals surface area (Å²) in [5.41, 5.74) is 0.373. The number of amides is 1. The van der Waals surface area contributed by atoms with Gasteiger partial charge in [0.25, 0.3) is 5.91 Å². The third kappa shape index (κ3) is 3.48. The van der Waals surface area contributed by atoms with Crippen LogP contribution in [0.1, 0.15) is 34.7 Å². The normalized spacial score (nSPS) is 11.9. The van der Waals surface area contributed by atoms with Gasteiger partial charge in [0.15, 0.2) is 0 Å². The first-order valence-corrected chi connectivity index (χ1v) is 5.67. The molecule has 0 aliphatic carbocycles. The monoisotopic (exact) mass is 251 g/mol. The van der Waals surface area contributed by atoms with E-state index in [0.29, 0.717) is 29.9 Å². The topological polar surface area (TPSA) is 79.5 Å². The summed E-state index contributed by atoms with van der Waals surface area (Å²) in [5.74, 6) is -0.377. The van der Waals surface area contributed by atoms with Gasteiger partial charge in [-0.3, -0.25) is 4.79 Å². The zero-order valence-electron chi connectivity index (χ0n) is 10.5. The number of aliphatic carboxylic acids is 1. The molecule has 0 fully saturated rings. The predicted molar refractivity (Wildman–Crippen MR) is 66.5 cm³/mol. The van der Waals surface area contributed by atoms with Crippen LogP contribution < -0.4 is 5.32 Å². The summed E-state index contributed by atoms with van der Waals surface area (Å²) >= 11 is 0. The van der Waals surface area contributed by atoms with Gasteiger partial charge in [-0.2, -0.15) is 0 Å². The predicted octanol–water partition coefficient (Wildman–Crippen LogP) is 2.05. The number of furan rings is 1. The summed E-state index contributed by atoms with van der Waals surface area (Å²) in [5, 5.41) is 11.5. The molecule has 0 bridgehead atoms. The minimum Gasteiger partial charge on any atom is -0.480 e. The van der Waals surface area contributed by atoms with Crippen LogP contribution in [0, 0.1) is 13.8 Å². The summed E-state index contributed by atoms with van der Waals surface area (Å²) in [7, 11) is 0. The number of carbonyl (C=O) groups excluding carboxylic acids is 1. The van der Waals surface area contributed by atoms with Gasteiger partial charge in [-0.05, 0) is 32.8 Å². The SMILES string of the molecule is C=CCCC(NC(=O)c1cc(C)oc1C)C(=O)O. The smallest absolute Gasteiger partial charge is 0.326 e. The van der Waals surface area contributed by atoms with E-state index in [1.807, 2.05) is 0 Å². The molecule has 0 aliphatic heterocycles. The number of allylic oxidation sites excluding steroid dienone is 1. The Labute approximate surface area is 105 Å². The van der Waals surface area contributed by atoms with Crippen LogP contribution in [0.3, 0.4) is 0 Å². The average Bonchev–Trinajstić information content (AvgIpc) is 2.63. The first-order chi connectivity index (χ1) is 8.45. The second-order valence-corrected chi connectivity index (χ2v) is 4.06. The average molecular weight is 251 g/mol. The quantitative estimate of drug-likeness (QED) is 0.758. The number of carboxylic acid groups (broad SMARTS) is 1. The number of hydrogen-bond donors (Lipinski definition) is 2. The molecule has 0 aromatic carbocycles. The Balaban J connectivity index is 2.75. The lowest BCUT2D eigenvalue weighted by molar-refractivity contribution is -0.139. The molecule has 0 saturated carbocycles. The van der Waals surface area contributed by atoms with Gasteiger partial charge in [0.05, 0.1) is 5.56 Å². The molecule has 1 unspecified atom stereocenters.